The van der Waals surface area contributed by atoms with Crippen molar-refractivity contribution in [3.8, 4) is 11.3 Å². The molecule has 0 spiro atoms. The number of alkyl halides is 2. The summed E-state index contributed by atoms with van der Waals surface area (Å²) in [7, 11) is 0. The van der Waals surface area contributed by atoms with Crippen molar-refractivity contribution in [1.82, 2.24) is 24.5 Å². The maximum Gasteiger partial charge on any atom is 0.261 e. The van der Waals surface area contributed by atoms with Crippen LogP contribution in [0.25, 0.3) is 16.8 Å². The molecule has 2 aliphatic heterocycles. The summed E-state index contributed by atoms with van der Waals surface area (Å²) in [4.78, 5) is 14.9. The zero-order chi connectivity index (χ0) is 27.3. The van der Waals surface area contributed by atoms with Gasteiger partial charge in [0.1, 0.15) is 5.52 Å². The van der Waals surface area contributed by atoms with E-state index < -0.39 is 5.92 Å². The fraction of sp³-hybridized carbons (Fsp3) is 0.538. The highest BCUT2D eigenvalue weighted by Crippen LogP contribution is 2.30. The fourth-order valence-electron chi connectivity index (χ4n) is 3.85. The number of halogens is 2. The molecule has 2 aliphatic rings. The molecule has 9 nitrogen and oxygen atoms in total. The monoisotopic (exact) mass is 516 g/mol. The molecule has 11 heteroatoms. The number of aryl methyl sites for hydroxylation is 1. The number of fused-ring (bicyclic) bond motifs is 1. The molecule has 0 radical (unpaired) electrons. The van der Waals surface area contributed by atoms with Gasteiger partial charge < -0.3 is 16.2 Å². The summed E-state index contributed by atoms with van der Waals surface area (Å²) in [6.45, 7) is 14.1. The van der Waals surface area contributed by atoms with E-state index in [1.807, 2.05) is 43.9 Å². The summed E-state index contributed by atoms with van der Waals surface area (Å²) in [5.74, 6) is -1.15. The molecule has 37 heavy (non-hydrogen) atoms. The molecule has 3 aromatic heterocycles. The minimum atomic E-state index is -2.45. The molecule has 3 aromatic rings. The van der Waals surface area contributed by atoms with E-state index >= 15 is 0 Å². The number of rotatable bonds is 3. The Labute approximate surface area is 216 Å². The Morgan fingerprint density at radius 2 is 1.81 bits per heavy atom. The molecule has 2 fully saturated rings. The quantitative estimate of drug-likeness (QED) is 0.481. The smallest absolute Gasteiger partial charge is 0.261 e. The molecule has 0 atom stereocenters. The zero-order valence-electron chi connectivity index (χ0n) is 22.5. The number of ether oxygens (including phenoxy) is 1. The summed E-state index contributed by atoms with van der Waals surface area (Å²) >= 11 is 0. The van der Waals surface area contributed by atoms with E-state index in [4.69, 9.17) is 16.2 Å². The van der Waals surface area contributed by atoms with Gasteiger partial charge in [-0.2, -0.15) is 4.98 Å². The maximum atomic E-state index is 12.6. The second-order valence-electron chi connectivity index (χ2n) is 10.2. The standard InChI is InChI=1S/C15H17N7.C7H11F2NO.C4H10/c1-8(2)18-11-4-5-12(19-9(11)3)10-6-7-22-13(10)14(16)20-15(17)21-22;8-7(9)1-2-10(5-7)6-3-11-4-6;1-4(2)3/h4-7H,1-3H3,(H4,16,17,20,21);6H,1-5H2;4H,1-3H3. The molecule has 0 aliphatic carbocycles. The van der Waals surface area contributed by atoms with Crippen molar-refractivity contribution in [2.75, 3.05) is 37.8 Å². The predicted octanol–water partition coefficient (Wildman–Crippen LogP) is 4.76. The van der Waals surface area contributed by atoms with Crippen molar-refractivity contribution in [2.24, 2.45) is 10.9 Å². The van der Waals surface area contributed by atoms with Gasteiger partial charge in [-0.1, -0.05) is 20.8 Å². The number of nitrogens with two attached hydrogens (primary N) is 2. The van der Waals surface area contributed by atoms with Crippen LogP contribution in [0.5, 0.6) is 0 Å². The lowest BCUT2D eigenvalue weighted by atomic mass is 10.1. The first-order chi connectivity index (χ1) is 17.4. The van der Waals surface area contributed by atoms with E-state index in [2.05, 4.69) is 40.8 Å². The van der Waals surface area contributed by atoms with Crippen LogP contribution in [0, 0.1) is 12.8 Å². The lowest BCUT2D eigenvalue weighted by Gasteiger charge is -2.34. The van der Waals surface area contributed by atoms with Crippen LogP contribution in [0.2, 0.25) is 0 Å². The van der Waals surface area contributed by atoms with Crippen molar-refractivity contribution in [2.45, 2.75) is 59.9 Å². The van der Waals surface area contributed by atoms with Gasteiger partial charge in [0.2, 0.25) is 5.95 Å². The van der Waals surface area contributed by atoms with Crippen molar-refractivity contribution in [3.05, 3.63) is 30.1 Å². The van der Waals surface area contributed by atoms with E-state index in [1.54, 1.807) is 10.7 Å². The highest BCUT2D eigenvalue weighted by Gasteiger charge is 2.42. The number of anilines is 2. The number of likely N-dealkylation sites (tertiary alicyclic amines) is 1. The van der Waals surface area contributed by atoms with Crippen molar-refractivity contribution < 1.29 is 13.5 Å². The van der Waals surface area contributed by atoms with Gasteiger partial charge >= 0.3 is 0 Å². The molecular weight excluding hydrogens is 478 g/mol. The van der Waals surface area contributed by atoms with Crippen molar-refractivity contribution in [3.63, 3.8) is 0 Å². The second kappa shape index (κ2) is 11.9. The SMILES string of the molecule is CC(C)=Nc1ccc(-c2ccn3nc(N)nc(N)c23)nc1C.CC(C)C.FC1(F)CCN(C2COC2)C1. The van der Waals surface area contributed by atoms with E-state index in [0.717, 1.165) is 34.3 Å². The normalized spacial score (nSPS) is 17.0. The predicted molar refractivity (Wildman–Crippen MR) is 144 cm³/mol. The van der Waals surface area contributed by atoms with Gasteiger partial charge in [-0.05, 0) is 44.9 Å². The van der Waals surface area contributed by atoms with Gasteiger partial charge in [-0.15, -0.1) is 5.10 Å². The van der Waals surface area contributed by atoms with Gasteiger partial charge in [0.05, 0.1) is 42.9 Å². The second-order valence-corrected chi connectivity index (χ2v) is 10.2. The third-order valence-corrected chi connectivity index (χ3v) is 5.57. The van der Waals surface area contributed by atoms with Gasteiger partial charge in [-0.25, -0.2) is 13.3 Å². The molecule has 5 heterocycles. The number of hydrogen-bond donors (Lipinski definition) is 2. The largest absolute Gasteiger partial charge is 0.382 e. The number of pyridine rings is 1. The number of nitrogen functional groups attached to an aromatic ring is 2. The fourth-order valence-corrected chi connectivity index (χ4v) is 3.85. The van der Waals surface area contributed by atoms with E-state index in [0.29, 0.717) is 31.1 Å². The summed E-state index contributed by atoms with van der Waals surface area (Å²) in [6.07, 6.45) is 1.81. The molecule has 5 rings (SSSR count). The number of aliphatic imine (C=N–C) groups is 1. The average molecular weight is 517 g/mol. The number of hydrogen-bond acceptors (Lipinski definition) is 8. The molecule has 0 aromatic carbocycles. The first-order valence-corrected chi connectivity index (χ1v) is 12.5. The molecule has 4 N–H and O–H groups in total. The Morgan fingerprint density at radius 1 is 1.14 bits per heavy atom. The van der Waals surface area contributed by atoms with Crippen LogP contribution in [-0.4, -0.2) is 68.5 Å². The van der Waals surface area contributed by atoms with Gasteiger partial charge in [0.25, 0.3) is 5.92 Å². The highest BCUT2D eigenvalue weighted by atomic mass is 19.3. The number of aromatic nitrogens is 4. The van der Waals surface area contributed by atoms with Crippen LogP contribution in [0.15, 0.2) is 29.4 Å². The van der Waals surface area contributed by atoms with Crippen molar-refractivity contribution in [1.29, 1.82) is 0 Å². The summed E-state index contributed by atoms with van der Waals surface area (Å²) in [5.41, 5.74) is 16.6. The molecule has 202 valence electrons. The van der Waals surface area contributed by atoms with Gasteiger partial charge in [0.15, 0.2) is 5.82 Å². The molecule has 0 amide bonds. The number of nitrogens with zero attached hydrogens (tertiary/aromatic N) is 6. The van der Waals surface area contributed by atoms with Crippen LogP contribution in [-0.2, 0) is 4.74 Å². The Balaban J connectivity index is 0.000000210. The summed E-state index contributed by atoms with van der Waals surface area (Å²) in [6, 6.07) is 6.03. The Bertz CT molecular complexity index is 1230. The molecule has 2 saturated heterocycles. The minimum Gasteiger partial charge on any atom is -0.382 e. The van der Waals surface area contributed by atoms with E-state index in [1.165, 1.54) is 0 Å². The molecule has 0 unspecified atom stereocenters. The van der Waals surface area contributed by atoms with Crippen LogP contribution in [0.4, 0.5) is 26.2 Å². The average Bonchev–Trinajstić information content (AvgIpc) is 3.31. The topological polar surface area (TPSA) is 120 Å². The van der Waals surface area contributed by atoms with Crippen LogP contribution < -0.4 is 11.5 Å². The lowest BCUT2D eigenvalue weighted by Crippen LogP contribution is -2.48. The van der Waals surface area contributed by atoms with E-state index in [-0.39, 0.29) is 25.0 Å². The third kappa shape index (κ3) is 7.65. The van der Waals surface area contributed by atoms with Gasteiger partial charge in [-0.3, -0.25) is 14.9 Å². The summed E-state index contributed by atoms with van der Waals surface area (Å²) < 4.78 is 31.8. The molecular formula is C26H38F2N8O. The van der Waals surface area contributed by atoms with Crippen LogP contribution in [0.3, 0.4) is 0 Å². The summed E-state index contributed by atoms with van der Waals surface area (Å²) in [5, 5.41) is 4.12. The Hall–Kier alpha value is -3.18. The van der Waals surface area contributed by atoms with Crippen molar-refractivity contribution >= 4 is 28.7 Å². The highest BCUT2D eigenvalue weighted by molar-refractivity contribution is 5.87. The first kappa shape index (κ1) is 28.4. The maximum absolute atomic E-state index is 12.6. The third-order valence-electron chi connectivity index (χ3n) is 5.57. The minimum absolute atomic E-state index is 0.0174. The molecule has 0 bridgehead atoms. The van der Waals surface area contributed by atoms with E-state index in [9.17, 15) is 8.78 Å². The van der Waals surface area contributed by atoms with Crippen LogP contribution in [0.1, 0.15) is 46.7 Å². The Kier molecular flexibility index (Phi) is 9.14. The first-order valence-electron chi connectivity index (χ1n) is 12.5. The Morgan fingerprint density at radius 3 is 2.32 bits per heavy atom. The van der Waals surface area contributed by atoms with Gasteiger partial charge in [0, 0.05) is 30.4 Å². The lowest BCUT2D eigenvalue weighted by molar-refractivity contribution is -0.0707. The zero-order valence-corrected chi connectivity index (χ0v) is 22.5. The molecule has 0 saturated carbocycles. The van der Waals surface area contributed by atoms with Crippen LogP contribution >= 0.6 is 0 Å².